The van der Waals surface area contributed by atoms with Gasteiger partial charge in [0.25, 0.3) is 0 Å². The third-order valence-corrected chi connectivity index (χ3v) is 4.98. The Bertz CT molecular complexity index is 610. The van der Waals surface area contributed by atoms with Crippen molar-refractivity contribution in [3.63, 3.8) is 0 Å². The van der Waals surface area contributed by atoms with Gasteiger partial charge in [0.05, 0.1) is 11.4 Å². The van der Waals surface area contributed by atoms with E-state index in [1.165, 1.54) is 0 Å². The molecule has 1 aromatic heterocycles. The SMILES string of the molecule is CCn1nc(C)cc1CC(=O)CSc1ccccc1Br. The molecular formula is C15H17BrN2OS. The van der Waals surface area contributed by atoms with Gasteiger partial charge in [0.15, 0.2) is 0 Å². The molecule has 0 N–H and O–H groups in total. The lowest BCUT2D eigenvalue weighted by atomic mass is 10.2. The van der Waals surface area contributed by atoms with E-state index in [-0.39, 0.29) is 5.78 Å². The molecule has 0 saturated heterocycles. The third-order valence-electron chi connectivity index (χ3n) is 2.89. The molecule has 0 atom stereocenters. The maximum Gasteiger partial charge on any atom is 0.149 e. The lowest BCUT2D eigenvalue weighted by Gasteiger charge is -2.05. The van der Waals surface area contributed by atoms with Crippen LogP contribution in [0.25, 0.3) is 0 Å². The van der Waals surface area contributed by atoms with E-state index in [0.717, 1.165) is 27.3 Å². The third kappa shape index (κ3) is 3.96. The first-order valence-corrected chi connectivity index (χ1v) is 8.30. The Balaban J connectivity index is 1.94. The van der Waals surface area contributed by atoms with Gasteiger partial charge in [0.1, 0.15) is 5.78 Å². The molecule has 0 spiro atoms. The summed E-state index contributed by atoms with van der Waals surface area (Å²) in [6.07, 6.45) is 0.451. The van der Waals surface area contributed by atoms with E-state index >= 15 is 0 Å². The number of Topliss-reactive ketones (excluding diaryl/α,β-unsaturated/α-hetero) is 1. The summed E-state index contributed by atoms with van der Waals surface area (Å²) in [5, 5.41) is 4.36. The zero-order valence-corrected chi connectivity index (χ0v) is 14.0. The Morgan fingerprint density at radius 3 is 2.85 bits per heavy atom. The minimum Gasteiger partial charge on any atom is -0.298 e. The minimum absolute atomic E-state index is 0.223. The molecule has 20 heavy (non-hydrogen) atoms. The number of carbonyl (C=O) groups excluding carboxylic acids is 1. The minimum atomic E-state index is 0.223. The number of aromatic nitrogens is 2. The molecule has 0 aliphatic rings. The van der Waals surface area contributed by atoms with Crippen LogP contribution in [0.15, 0.2) is 39.7 Å². The first-order chi connectivity index (χ1) is 9.60. The molecule has 1 heterocycles. The van der Waals surface area contributed by atoms with Crippen molar-refractivity contribution in [2.45, 2.75) is 31.7 Å². The maximum absolute atomic E-state index is 12.1. The molecule has 3 nitrogen and oxygen atoms in total. The highest BCUT2D eigenvalue weighted by atomic mass is 79.9. The average molecular weight is 353 g/mol. The van der Waals surface area contributed by atoms with Crippen LogP contribution >= 0.6 is 27.7 Å². The molecule has 0 unspecified atom stereocenters. The van der Waals surface area contributed by atoms with Gasteiger partial charge in [-0.3, -0.25) is 9.48 Å². The highest BCUT2D eigenvalue weighted by molar-refractivity contribution is 9.10. The van der Waals surface area contributed by atoms with Gasteiger partial charge in [-0.2, -0.15) is 5.10 Å². The van der Waals surface area contributed by atoms with E-state index in [4.69, 9.17) is 0 Å². The largest absolute Gasteiger partial charge is 0.298 e. The van der Waals surface area contributed by atoms with Crippen LogP contribution in [0.2, 0.25) is 0 Å². The van der Waals surface area contributed by atoms with Gasteiger partial charge in [0, 0.05) is 28.0 Å². The summed E-state index contributed by atoms with van der Waals surface area (Å²) in [5.41, 5.74) is 1.97. The van der Waals surface area contributed by atoms with Crippen LogP contribution in [-0.4, -0.2) is 21.3 Å². The highest BCUT2D eigenvalue weighted by Crippen LogP contribution is 2.27. The van der Waals surface area contributed by atoms with Crippen molar-refractivity contribution >= 4 is 33.5 Å². The highest BCUT2D eigenvalue weighted by Gasteiger charge is 2.11. The normalized spacial score (nSPS) is 10.8. The number of nitrogens with zero attached hydrogens (tertiary/aromatic N) is 2. The Morgan fingerprint density at radius 1 is 1.40 bits per heavy atom. The number of halogens is 1. The van der Waals surface area contributed by atoms with Gasteiger partial charge >= 0.3 is 0 Å². The van der Waals surface area contributed by atoms with Crippen LogP contribution in [0.4, 0.5) is 0 Å². The quantitative estimate of drug-likeness (QED) is 0.740. The molecular weight excluding hydrogens is 336 g/mol. The van der Waals surface area contributed by atoms with E-state index in [2.05, 4.69) is 21.0 Å². The number of thioether (sulfide) groups is 1. The molecule has 0 radical (unpaired) electrons. The Morgan fingerprint density at radius 2 is 2.15 bits per heavy atom. The number of hydrogen-bond donors (Lipinski definition) is 0. The van der Waals surface area contributed by atoms with Crippen LogP contribution in [0.1, 0.15) is 18.3 Å². The van der Waals surface area contributed by atoms with Gasteiger partial charge < -0.3 is 0 Å². The monoisotopic (exact) mass is 352 g/mol. The molecule has 0 bridgehead atoms. The second kappa shape index (κ2) is 7.09. The molecule has 0 aliphatic carbocycles. The van der Waals surface area contributed by atoms with Gasteiger partial charge in [-0.25, -0.2) is 0 Å². The summed E-state index contributed by atoms with van der Waals surface area (Å²) in [6.45, 7) is 4.79. The fraction of sp³-hybridized carbons (Fsp3) is 0.333. The summed E-state index contributed by atoms with van der Waals surface area (Å²) in [6, 6.07) is 9.95. The van der Waals surface area contributed by atoms with Crippen molar-refractivity contribution in [2.24, 2.45) is 0 Å². The van der Waals surface area contributed by atoms with Gasteiger partial charge in [-0.15, -0.1) is 11.8 Å². The Kier molecular flexibility index (Phi) is 5.43. The van der Waals surface area contributed by atoms with Crippen molar-refractivity contribution in [3.8, 4) is 0 Å². The predicted octanol–water partition coefficient (Wildman–Crippen LogP) is 3.88. The predicted molar refractivity (Wildman–Crippen MR) is 86.2 cm³/mol. The molecule has 0 saturated carbocycles. The lowest BCUT2D eigenvalue weighted by molar-refractivity contribution is -0.116. The fourth-order valence-electron chi connectivity index (χ4n) is 1.99. The molecule has 0 aliphatic heterocycles. The number of aryl methyl sites for hydroxylation is 2. The average Bonchev–Trinajstić information content (AvgIpc) is 2.78. The van der Waals surface area contributed by atoms with Crippen LogP contribution in [0.5, 0.6) is 0 Å². The van der Waals surface area contributed by atoms with Crippen LogP contribution in [-0.2, 0) is 17.8 Å². The number of benzene rings is 1. The van der Waals surface area contributed by atoms with E-state index in [1.54, 1.807) is 11.8 Å². The second-order valence-corrected chi connectivity index (χ2v) is 6.40. The zero-order chi connectivity index (χ0) is 14.5. The molecule has 106 valence electrons. The fourth-order valence-corrected chi connectivity index (χ4v) is 3.42. The van der Waals surface area contributed by atoms with Gasteiger partial charge in [-0.1, -0.05) is 12.1 Å². The Labute approximate surface area is 131 Å². The summed E-state index contributed by atoms with van der Waals surface area (Å²) < 4.78 is 2.93. The number of hydrogen-bond acceptors (Lipinski definition) is 3. The van der Waals surface area contributed by atoms with Crippen LogP contribution in [0.3, 0.4) is 0 Å². The molecule has 0 amide bonds. The molecule has 2 rings (SSSR count). The van der Waals surface area contributed by atoms with Crippen molar-refractivity contribution in [2.75, 3.05) is 5.75 Å². The molecule has 1 aromatic carbocycles. The van der Waals surface area contributed by atoms with Crippen molar-refractivity contribution in [3.05, 3.63) is 46.2 Å². The second-order valence-electron chi connectivity index (χ2n) is 4.53. The number of carbonyl (C=O) groups is 1. The van der Waals surface area contributed by atoms with Gasteiger partial charge in [-0.05, 0) is 48.0 Å². The van der Waals surface area contributed by atoms with E-state index in [9.17, 15) is 4.79 Å². The van der Waals surface area contributed by atoms with E-state index < -0.39 is 0 Å². The van der Waals surface area contributed by atoms with Crippen molar-refractivity contribution in [1.82, 2.24) is 9.78 Å². The first-order valence-electron chi connectivity index (χ1n) is 6.52. The number of rotatable bonds is 6. The van der Waals surface area contributed by atoms with Gasteiger partial charge in [0.2, 0.25) is 0 Å². The van der Waals surface area contributed by atoms with E-state index in [0.29, 0.717) is 12.2 Å². The van der Waals surface area contributed by atoms with Crippen LogP contribution < -0.4 is 0 Å². The first kappa shape index (κ1) is 15.3. The topological polar surface area (TPSA) is 34.9 Å². The van der Waals surface area contributed by atoms with Crippen LogP contribution in [0, 0.1) is 6.92 Å². The lowest BCUT2D eigenvalue weighted by Crippen LogP contribution is -2.11. The summed E-state index contributed by atoms with van der Waals surface area (Å²) in [5.74, 6) is 0.705. The molecule has 5 heteroatoms. The standard InChI is InChI=1S/C15H17BrN2OS/c1-3-18-12(8-11(2)17-18)9-13(19)10-20-15-7-5-4-6-14(15)16/h4-8H,3,9-10H2,1-2H3. The van der Waals surface area contributed by atoms with Crippen molar-refractivity contribution < 1.29 is 4.79 Å². The Hall–Kier alpha value is -1.07. The number of ketones is 1. The zero-order valence-electron chi connectivity index (χ0n) is 11.6. The summed E-state index contributed by atoms with van der Waals surface area (Å²) in [7, 11) is 0. The summed E-state index contributed by atoms with van der Waals surface area (Å²) in [4.78, 5) is 13.2. The molecule has 2 aromatic rings. The smallest absolute Gasteiger partial charge is 0.149 e. The van der Waals surface area contributed by atoms with E-state index in [1.807, 2.05) is 48.9 Å². The van der Waals surface area contributed by atoms with Crippen molar-refractivity contribution in [1.29, 1.82) is 0 Å². The summed E-state index contributed by atoms with van der Waals surface area (Å²) >= 11 is 5.06. The maximum atomic E-state index is 12.1. The molecule has 0 fully saturated rings.